The number of hydrogen-bond acceptors (Lipinski definition) is 10. The maximum atomic E-state index is 12.1. The molecule has 0 bridgehead atoms. The number of rotatable bonds is 3. The average molecular weight is 455 g/mol. The largest absolute Gasteiger partial charge is 0.453 e. The highest BCUT2D eigenvalue weighted by molar-refractivity contribution is 5.74. The van der Waals surface area contributed by atoms with Crippen molar-refractivity contribution in [3.05, 3.63) is 18.0 Å². The Balaban J connectivity index is 1.58. The van der Waals surface area contributed by atoms with Gasteiger partial charge in [-0.1, -0.05) is 0 Å². The topological polar surface area (TPSA) is 123 Å². The summed E-state index contributed by atoms with van der Waals surface area (Å²) in [5.74, 6) is 1.82. The van der Waals surface area contributed by atoms with Crippen molar-refractivity contribution in [2.75, 3.05) is 62.0 Å². The number of fused-ring (bicyclic) bond motifs is 1. The van der Waals surface area contributed by atoms with Gasteiger partial charge < -0.3 is 29.9 Å². The quantitative estimate of drug-likeness (QED) is 0.726. The van der Waals surface area contributed by atoms with Crippen LogP contribution in [0.25, 0.3) is 11.3 Å². The summed E-state index contributed by atoms with van der Waals surface area (Å²) < 4.78 is 10.6. The number of ether oxygens (including phenoxy) is 2. The summed E-state index contributed by atoms with van der Waals surface area (Å²) in [6.07, 6.45) is 4.80. The third-order valence-electron chi connectivity index (χ3n) is 6.92. The molecule has 176 valence electrons. The molecule has 0 spiro atoms. The molecule has 2 fully saturated rings. The van der Waals surface area contributed by atoms with Gasteiger partial charge in [0.1, 0.15) is 5.82 Å². The minimum absolute atomic E-state index is 0.166. The Labute approximate surface area is 192 Å². The van der Waals surface area contributed by atoms with Gasteiger partial charge in [-0.05, 0) is 26.7 Å². The second-order valence-electron chi connectivity index (χ2n) is 9.16. The lowest BCUT2D eigenvalue weighted by atomic mass is 9.99. The Morgan fingerprint density at radius 1 is 1.24 bits per heavy atom. The number of nitrogens with two attached hydrogens (primary N) is 1. The highest BCUT2D eigenvalue weighted by atomic mass is 16.5. The standard InChI is InChI=1S/C22H30N8O3/c1-14-12-33-9-8-29(14)20-26-17(15-10-24-19(23)25-11-15)16-4-6-30(18(16)27-20)22(2)5-7-28(13-22)21(31)32-3/h10-11,14H,4-9,12-13H2,1-3H3,(H2,23,24,25)/t14-,22+/m0/s1. The normalized spacial score (nSPS) is 24.8. The molecule has 2 aromatic rings. The van der Waals surface area contributed by atoms with Crippen molar-refractivity contribution >= 4 is 23.8 Å². The Hall–Kier alpha value is -3.21. The minimum Gasteiger partial charge on any atom is -0.453 e. The summed E-state index contributed by atoms with van der Waals surface area (Å²) in [5.41, 5.74) is 8.22. The van der Waals surface area contributed by atoms with Crippen LogP contribution in [0.2, 0.25) is 0 Å². The predicted molar refractivity (Wildman–Crippen MR) is 123 cm³/mol. The molecular formula is C22H30N8O3. The van der Waals surface area contributed by atoms with Crippen molar-refractivity contribution in [2.24, 2.45) is 0 Å². The van der Waals surface area contributed by atoms with Crippen molar-refractivity contribution < 1.29 is 14.3 Å². The number of aromatic nitrogens is 4. The number of morpholine rings is 1. The molecule has 2 atom stereocenters. The number of carbonyl (C=O) groups is 1. The van der Waals surface area contributed by atoms with E-state index in [4.69, 9.17) is 25.2 Å². The van der Waals surface area contributed by atoms with E-state index in [0.29, 0.717) is 32.3 Å². The molecular weight excluding hydrogens is 424 g/mol. The number of amides is 1. The molecule has 1 amide bonds. The monoisotopic (exact) mass is 454 g/mol. The van der Waals surface area contributed by atoms with Crippen LogP contribution in [0.4, 0.5) is 22.5 Å². The number of nitrogens with zero attached hydrogens (tertiary/aromatic N) is 7. The maximum Gasteiger partial charge on any atom is 0.409 e. The Kier molecular flexibility index (Phi) is 5.43. The molecule has 2 aromatic heterocycles. The van der Waals surface area contributed by atoms with Crippen LogP contribution in [0.3, 0.4) is 0 Å². The fraction of sp³-hybridized carbons (Fsp3) is 0.591. The summed E-state index contributed by atoms with van der Waals surface area (Å²) in [6.45, 7) is 8.36. The zero-order valence-corrected chi connectivity index (χ0v) is 19.3. The molecule has 0 radical (unpaired) electrons. The Morgan fingerprint density at radius 2 is 2.03 bits per heavy atom. The van der Waals surface area contributed by atoms with E-state index in [0.717, 1.165) is 48.6 Å². The van der Waals surface area contributed by atoms with Crippen molar-refractivity contribution in [3.8, 4) is 11.3 Å². The van der Waals surface area contributed by atoms with E-state index in [9.17, 15) is 4.79 Å². The van der Waals surface area contributed by atoms with Gasteiger partial charge in [-0.25, -0.2) is 19.7 Å². The first-order valence-electron chi connectivity index (χ1n) is 11.3. The zero-order chi connectivity index (χ0) is 23.2. The fourth-order valence-corrected chi connectivity index (χ4v) is 5.07. The number of methoxy groups -OCH3 is 1. The molecule has 2 saturated heterocycles. The molecule has 5 heterocycles. The summed E-state index contributed by atoms with van der Waals surface area (Å²) in [7, 11) is 1.42. The third kappa shape index (κ3) is 3.79. The van der Waals surface area contributed by atoms with E-state index in [2.05, 4.69) is 33.6 Å². The lowest BCUT2D eigenvalue weighted by Crippen LogP contribution is -2.49. The van der Waals surface area contributed by atoms with E-state index in [-0.39, 0.29) is 23.6 Å². The number of likely N-dealkylation sites (tertiary alicyclic amines) is 1. The second-order valence-corrected chi connectivity index (χ2v) is 9.16. The third-order valence-corrected chi connectivity index (χ3v) is 6.92. The van der Waals surface area contributed by atoms with E-state index in [1.807, 2.05) is 0 Å². The number of nitrogen functional groups attached to an aromatic ring is 1. The van der Waals surface area contributed by atoms with Crippen LogP contribution >= 0.6 is 0 Å². The number of hydrogen-bond donors (Lipinski definition) is 1. The lowest BCUT2D eigenvalue weighted by Gasteiger charge is -2.38. The Bertz CT molecular complexity index is 1050. The molecule has 0 aromatic carbocycles. The van der Waals surface area contributed by atoms with E-state index < -0.39 is 0 Å². The van der Waals surface area contributed by atoms with Gasteiger partial charge in [0, 0.05) is 49.7 Å². The molecule has 33 heavy (non-hydrogen) atoms. The van der Waals surface area contributed by atoms with Crippen molar-refractivity contribution in [1.29, 1.82) is 0 Å². The van der Waals surface area contributed by atoms with Crippen LogP contribution in [0.1, 0.15) is 25.8 Å². The SMILES string of the molecule is COC(=O)N1CC[C@@](C)(N2CCc3c(-c4cnc(N)nc4)nc(N4CCOC[C@@H]4C)nc32)C1. The molecule has 2 N–H and O–H groups in total. The molecule has 3 aliphatic heterocycles. The predicted octanol–water partition coefficient (Wildman–Crippen LogP) is 1.33. The molecule has 11 nitrogen and oxygen atoms in total. The van der Waals surface area contributed by atoms with Crippen LogP contribution in [0.15, 0.2) is 12.4 Å². The first kappa shape index (κ1) is 21.6. The van der Waals surface area contributed by atoms with Gasteiger partial charge in [0.15, 0.2) is 0 Å². The van der Waals surface area contributed by atoms with Gasteiger partial charge >= 0.3 is 6.09 Å². The van der Waals surface area contributed by atoms with Crippen molar-refractivity contribution in [1.82, 2.24) is 24.8 Å². The summed E-state index contributed by atoms with van der Waals surface area (Å²) in [5, 5.41) is 0. The average Bonchev–Trinajstić information content (AvgIpc) is 3.43. The van der Waals surface area contributed by atoms with Gasteiger partial charge in [-0.3, -0.25) is 0 Å². The van der Waals surface area contributed by atoms with Gasteiger partial charge in [-0.15, -0.1) is 0 Å². The molecule has 0 saturated carbocycles. The molecule has 0 aliphatic carbocycles. The van der Waals surface area contributed by atoms with E-state index in [1.54, 1.807) is 17.3 Å². The highest BCUT2D eigenvalue weighted by Crippen LogP contribution is 2.41. The van der Waals surface area contributed by atoms with Gasteiger partial charge in [0.2, 0.25) is 11.9 Å². The first-order chi connectivity index (χ1) is 15.9. The van der Waals surface area contributed by atoms with Crippen LogP contribution in [-0.4, -0.2) is 89.0 Å². The smallest absolute Gasteiger partial charge is 0.409 e. The lowest BCUT2D eigenvalue weighted by molar-refractivity contribution is 0.0981. The Morgan fingerprint density at radius 3 is 2.76 bits per heavy atom. The minimum atomic E-state index is -0.289. The van der Waals surface area contributed by atoms with E-state index >= 15 is 0 Å². The van der Waals surface area contributed by atoms with Crippen LogP contribution in [-0.2, 0) is 15.9 Å². The van der Waals surface area contributed by atoms with E-state index in [1.165, 1.54) is 7.11 Å². The summed E-state index contributed by atoms with van der Waals surface area (Å²) in [4.78, 5) is 36.9. The first-order valence-corrected chi connectivity index (χ1v) is 11.3. The second kappa shape index (κ2) is 8.29. The number of carbonyl (C=O) groups excluding carboxylic acids is 1. The molecule has 3 aliphatic rings. The number of anilines is 3. The fourth-order valence-electron chi connectivity index (χ4n) is 5.07. The van der Waals surface area contributed by atoms with Gasteiger partial charge in [0.25, 0.3) is 0 Å². The van der Waals surface area contributed by atoms with Crippen molar-refractivity contribution in [3.63, 3.8) is 0 Å². The molecule has 11 heteroatoms. The van der Waals surface area contributed by atoms with Crippen LogP contribution < -0.4 is 15.5 Å². The molecule has 0 unspecified atom stereocenters. The van der Waals surface area contributed by atoms with Crippen LogP contribution in [0.5, 0.6) is 0 Å². The molecule has 5 rings (SSSR count). The van der Waals surface area contributed by atoms with Crippen molar-refractivity contribution in [2.45, 2.75) is 38.3 Å². The van der Waals surface area contributed by atoms with Gasteiger partial charge in [-0.2, -0.15) is 4.98 Å². The zero-order valence-electron chi connectivity index (χ0n) is 19.3. The summed E-state index contributed by atoms with van der Waals surface area (Å²) in [6, 6.07) is 0.166. The van der Waals surface area contributed by atoms with Gasteiger partial charge in [0.05, 0.1) is 37.6 Å². The highest BCUT2D eigenvalue weighted by Gasteiger charge is 2.45. The summed E-state index contributed by atoms with van der Waals surface area (Å²) >= 11 is 0. The van der Waals surface area contributed by atoms with Crippen LogP contribution in [0, 0.1) is 0 Å². The maximum absolute atomic E-state index is 12.1.